The number of aromatic amines is 1. The standard InChI is InChI=1S/C14H22N2O2/c1-2-3-4-5-6-7-9-16-14(18)12-8-10-15-13(17)11-12/h8,10-11H,2-7,9H2,1H3,(H,15,17)(H,16,18). The average molecular weight is 250 g/mol. The molecule has 100 valence electrons. The van der Waals surface area contributed by atoms with E-state index in [1.165, 1.54) is 37.9 Å². The molecule has 0 atom stereocenters. The summed E-state index contributed by atoms with van der Waals surface area (Å²) in [5.41, 5.74) is 0.173. The molecular formula is C14H22N2O2. The number of pyridine rings is 1. The molecule has 0 aliphatic heterocycles. The number of hydrogen-bond acceptors (Lipinski definition) is 2. The first kappa shape index (κ1) is 14.5. The van der Waals surface area contributed by atoms with Crippen molar-refractivity contribution in [2.75, 3.05) is 6.54 Å². The lowest BCUT2D eigenvalue weighted by Crippen LogP contribution is -2.25. The Morgan fingerprint density at radius 3 is 2.67 bits per heavy atom. The van der Waals surface area contributed by atoms with Crippen molar-refractivity contribution in [2.45, 2.75) is 45.4 Å². The molecule has 1 rings (SSSR count). The summed E-state index contributed by atoms with van der Waals surface area (Å²) in [5.74, 6) is -0.172. The van der Waals surface area contributed by atoms with Crippen molar-refractivity contribution in [1.29, 1.82) is 0 Å². The topological polar surface area (TPSA) is 62.0 Å². The first-order chi connectivity index (χ1) is 8.74. The second kappa shape index (κ2) is 8.50. The van der Waals surface area contributed by atoms with E-state index in [4.69, 9.17) is 0 Å². The molecule has 0 radical (unpaired) electrons. The SMILES string of the molecule is CCCCCCCCNC(=O)c1cc[nH]c(=O)c1. The Kier molecular flexibility index (Phi) is 6.84. The summed E-state index contributed by atoms with van der Waals surface area (Å²) >= 11 is 0. The fraction of sp³-hybridized carbons (Fsp3) is 0.571. The van der Waals surface area contributed by atoms with Gasteiger partial charge in [-0.15, -0.1) is 0 Å². The van der Waals surface area contributed by atoms with Crippen LogP contribution in [0, 0.1) is 0 Å². The van der Waals surface area contributed by atoms with Gasteiger partial charge in [-0.3, -0.25) is 9.59 Å². The van der Waals surface area contributed by atoms with Crippen molar-refractivity contribution < 1.29 is 4.79 Å². The van der Waals surface area contributed by atoms with E-state index in [0.717, 1.165) is 12.8 Å². The van der Waals surface area contributed by atoms with Crippen LogP contribution in [0.5, 0.6) is 0 Å². The minimum absolute atomic E-state index is 0.172. The molecule has 0 aliphatic carbocycles. The van der Waals surface area contributed by atoms with Crippen molar-refractivity contribution in [3.05, 3.63) is 34.2 Å². The molecule has 1 aromatic rings. The van der Waals surface area contributed by atoms with Gasteiger partial charge in [-0.1, -0.05) is 39.0 Å². The van der Waals surface area contributed by atoms with E-state index < -0.39 is 0 Å². The molecule has 1 heterocycles. The highest BCUT2D eigenvalue weighted by molar-refractivity contribution is 5.93. The second-order valence-corrected chi connectivity index (χ2v) is 4.47. The van der Waals surface area contributed by atoms with E-state index in [9.17, 15) is 9.59 Å². The van der Waals surface area contributed by atoms with Gasteiger partial charge >= 0.3 is 0 Å². The predicted molar refractivity (Wildman–Crippen MR) is 72.8 cm³/mol. The first-order valence-electron chi connectivity index (χ1n) is 6.71. The highest BCUT2D eigenvalue weighted by Crippen LogP contribution is 2.04. The van der Waals surface area contributed by atoms with Gasteiger partial charge in [0, 0.05) is 24.4 Å². The van der Waals surface area contributed by atoms with Gasteiger partial charge in [-0.25, -0.2) is 0 Å². The van der Waals surface area contributed by atoms with Crippen molar-refractivity contribution in [3.8, 4) is 0 Å². The summed E-state index contributed by atoms with van der Waals surface area (Å²) in [6.07, 6.45) is 8.68. The van der Waals surface area contributed by atoms with Gasteiger partial charge in [0.05, 0.1) is 0 Å². The summed E-state index contributed by atoms with van der Waals surface area (Å²) in [6, 6.07) is 2.93. The largest absolute Gasteiger partial charge is 0.352 e. The lowest BCUT2D eigenvalue weighted by molar-refractivity contribution is 0.0952. The van der Waals surface area contributed by atoms with Crippen LogP contribution >= 0.6 is 0 Å². The Balaban J connectivity index is 2.16. The summed E-state index contributed by atoms with van der Waals surface area (Å²) in [4.78, 5) is 25.2. The van der Waals surface area contributed by atoms with Gasteiger partial charge < -0.3 is 10.3 Å². The fourth-order valence-corrected chi connectivity index (χ4v) is 1.80. The normalized spacial score (nSPS) is 10.3. The van der Waals surface area contributed by atoms with Crippen LogP contribution in [-0.2, 0) is 0 Å². The highest BCUT2D eigenvalue weighted by Gasteiger charge is 2.04. The van der Waals surface area contributed by atoms with Gasteiger partial charge in [0.25, 0.3) is 5.91 Å². The van der Waals surface area contributed by atoms with Gasteiger partial charge in [0.2, 0.25) is 5.56 Å². The molecule has 0 spiro atoms. The number of amides is 1. The van der Waals surface area contributed by atoms with Crippen LogP contribution in [0.25, 0.3) is 0 Å². The Morgan fingerprint density at radius 1 is 1.22 bits per heavy atom. The molecule has 2 N–H and O–H groups in total. The first-order valence-corrected chi connectivity index (χ1v) is 6.71. The van der Waals surface area contributed by atoms with E-state index in [1.54, 1.807) is 6.07 Å². The molecule has 0 unspecified atom stereocenters. The predicted octanol–water partition coefficient (Wildman–Crippen LogP) is 2.47. The van der Waals surface area contributed by atoms with Crippen LogP contribution < -0.4 is 10.9 Å². The van der Waals surface area contributed by atoms with Gasteiger partial charge in [-0.2, -0.15) is 0 Å². The number of carbonyl (C=O) groups excluding carboxylic acids is 1. The molecule has 1 amide bonds. The Bertz CT molecular complexity index is 412. The smallest absolute Gasteiger partial charge is 0.251 e. The van der Waals surface area contributed by atoms with Crippen LogP contribution in [0.1, 0.15) is 55.8 Å². The maximum atomic E-state index is 11.7. The highest BCUT2D eigenvalue weighted by atomic mass is 16.2. The average Bonchev–Trinajstić information content (AvgIpc) is 2.37. The summed E-state index contributed by atoms with van der Waals surface area (Å²) < 4.78 is 0. The molecule has 0 fully saturated rings. The maximum absolute atomic E-state index is 11.7. The molecule has 0 aliphatic rings. The number of unbranched alkanes of at least 4 members (excludes halogenated alkanes) is 5. The van der Waals surface area contributed by atoms with Crippen molar-refractivity contribution in [2.24, 2.45) is 0 Å². The second-order valence-electron chi connectivity index (χ2n) is 4.47. The molecule has 4 nitrogen and oxygen atoms in total. The van der Waals surface area contributed by atoms with Crippen LogP contribution in [-0.4, -0.2) is 17.4 Å². The van der Waals surface area contributed by atoms with Crippen LogP contribution in [0.15, 0.2) is 23.1 Å². The summed E-state index contributed by atoms with van der Waals surface area (Å²) in [6.45, 7) is 2.87. The summed E-state index contributed by atoms with van der Waals surface area (Å²) in [7, 11) is 0. The molecule has 0 saturated heterocycles. The lowest BCUT2D eigenvalue weighted by atomic mass is 10.1. The van der Waals surface area contributed by atoms with Crippen molar-refractivity contribution >= 4 is 5.91 Å². The quantitative estimate of drug-likeness (QED) is 0.696. The molecule has 0 bridgehead atoms. The number of H-pyrrole nitrogens is 1. The number of aromatic nitrogens is 1. The molecule has 18 heavy (non-hydrogen) atoms. The number of rotatable bonds is 8. The number of hydrogen-bond donors (Lipinski definition) is 2. The van der Waals surface area contributed by atoms with Crippen LogP contribution in [0.4, 0.5) is 0 Å². The van der Waals surface area contributed by atoms with Crippen molar-refractivity contribution in [1.82, 2.24) is 10.3 Å². The van der Waals surface area contributed by atoms with Gasteiger partial charge in [0.15, 0.2) is 0 Å². The third kappa shape index (κ3) is 5.66. The lowest BCUT2D eigenvalue weighted by Gasteiger charge is -2.04. The number of nitrogens with one attached hydrogen (secondary N) is 2. The fourth-order valence-electron chi connectivity index (χ4n) is 1.80. The third-order valence-electron chi connectivity index (χ3n) is 2.85. The zero-order valence-electron chi connectivity index (χ0n) is 11.0. The minimum Gasteiger partial charge on any atom is -0.352 e. The molecular weight excluding hydrogens is 228 g/mol. The van der Waals surface area contributed by atoms with E-state index in [0.29, 0.717) is 12.1 Å². The zero-order valence-corrected chi connectivity index (χ0v) is 11.0. The molecule has 0 aromatic carbocycles. The Morgan fingerprint density at radius 2 is 1.94 bits per heavy atom. The van der Waals surface area contributed by atoms with Gasteiger partial charge in [0.1, 0.15) is 0 Å². The molecule has 0 saturated carbocycles. The maximum Gasteiger partial charge on any atom is 0.251 e. The van der Waals surface area contributed by atoms with Crippen LogP contribution in [0.2, 0.25) is 0 Å². The third-order valence-corrected chi connectivity index (χ3v) is 2.85. The Hall–Kier alpha value is -1.58. The van der Waals surface area contributed by atoms with E-state index in [1.807, 2.05) is 0 Å². The monoisotopic (exact) mass is 250 g/mol. The van der Waals surface area contributed by atoms with Crippen LogP contribution in [0.3, 0.4) is 0 Å². The minimum atomic E-state index is -0.248. The van der Waals surface area contributed by atoms with E-state index >= 15 is 0 Å². The van der Waals surface area contributed by atoms with Crippen molar-refractivity contribution in [3.63, 3.8) is 0 Å². The zero-order chi connectivity index (χ0) is 13.2. The Labute approximate surface area is 108 Å². The number of carbonyl (C=O) groups is 1. The molecule has 1 aromatic heterocycles. The van der Waals surface area contributed by atoms with Gasteiger partial charge in [-0.05, 0) is 12.5 Å². The van der Waals surface area contributed by atoms with E-state index in [-0.39, 0.29) is 11.5 Å². The van der Waals surface area contributed by atoms with E-state index in [2.05, 4.69) is 17.2 Å². The summed E-state index contributed by atoms with van der Waals surface area (Å²) in [5, 5.41) is 2.83. The molecule has 4 heteroatoms.